The minimum atomic E-state index is 0.482. The smallest absolute Gasteiger partial charge is 0.0521 e. The molecule has 1 unspecified atom stereocenters. The molecule has 3 heteroatoms. The summed E-state index contributed by atoms with van der Waals surface area (Å²) in [6.45, 7) is 5.90. The van der Waals surface area contributed by atoms with E-state index < -0.39 is 0 Å². The van der Waals surface area contributed by atoms with Gasteiger partial charge in [-0.2, -0.15) is 5.10 Å². The SMILES string of the molecule is CCn1cc(CC(CN)Cc2ccccc2C)cn1. The maximum absolute atomic E-state index is 5.93. The summed E-state index contributed by atoms with van der Waals surface area (Å²) >= 11 is 0. The summed E-state index contributed by atoms with van der Waals surface area (Å²) in [5.74, 6) is 0.482. The Bertz CT molecular complexity index is 516. The fraction of sp³-hybridized carbons (Fsp3) is 0.438. The molecule has 1 atom stereocenters. The highest BCUT2D eigenvalue weighted by Crippen LogP contribution is 2.16. The number of rotatable bonds is 6. The lowest BCUT2D eigenvalue weighted by molar-refractivity contribution is 0.531. The van der Waals surface area contributed by atoms with Crippen LogP contribution in [-0.2, 0) is 19.4 Å². The number of nitrogens with zero attached hydrogens (tertiary/aromatic N) is 2. The van der Waals surface area contributed by atoms with Crippen molar-refractivity contribution in [3.05, 3.63) is 53.3 Å². The average molecular weight is 257 g/mol. The van der Waals surface area contributed by atoms with Crippen LogP contribution < -0.4 is 5.73 Å². The second kappa shape index (κ2) is 6.53. The Kier molecular flexibility index (Phi) is 4.74. The van der Waals surface area contributed by atoms with E-state index in [1.807, 2.05) is 10.9 Å². The molecular formula is C16H23N3. The fourth-order valence-electron chi connectivity index (χ4n) is 2.41. The van der Waals surface area contributed by atoms with Gasteiger partial charge in [0, 0.05) is 12.7 Å². The third kappa shape index (κ3) is 3.67. The normalized spacial score (nSPS) is 12.6. The van der Waals surface area contributed by atoms with E-state index in [1.165, 1.54) is 16.7 Å². The van der Waals surface area contributed by atoms with Crippen LogP contribution in [0.1, 0.15) is 23.6 Å². The summed E-state index contributed by atoms with van der Waals surface area (Å²) in [6.07, 6.45) is 6.13. The number of aromatic nitrogens is 2. The van der Waals surface area contributed by atoms with E-state index in [0.29, 0.717) is 12.5 Å². The van der Waals surface area contributed by atoms with Gasteiger partial charge >= 0.3 is 0 Å². The van der Waals surface area contributed by atoms with Crippen molar-refractivity contribution in [3.63, 3.8) is 0 Å². The van der Waals surface area contributed by atoms with Gasteiger partial charge in [-0.1, -0.05) is 24.3 Å². The highest BCUT2D eigenvalue weighted by atomic mass is 15.3. The van der Waals surface area contributed by atoms with Gasteiger partial charge in [0.25, 0.3) is 0 Å². The standard InChI is InChI=1S/C16H23N3/c1-3-19-12-15(11-18-19)8-14(10-17)9-16-7-5-4-6-13(16)2/h4-7,11-12,14H,3,8-10,17H2,1-2H3. The van der Waals surface area contributed by atoms with Crippen LogP contribution in [0, 0.1) is 12.8 Å². The summed E-state index contributed by atoms with van der Waals surface area (Å²) in [5.41, 5.74) is 9.97. The molecule has 2 N–H and O–H groups in total. The van der Waals surface area contributed by atoms with E-state index in [2.05, 4.69) is 49.4 Å². The Morgan fingerprint density at radius 2 is 2.05 bits per heavy atom. The lowest BCUT2D eigenvalue weighted by atomic mass is 9.92. The van der Waals surface area contributed by atoms with E-state index >= 15 is 0 Å². The van der Waals surface area contributed by atoms with Gasteiger partial charge in [0.1, 0.15) is 0 Å². The minimum Gasteiger partial charge on any atom is -0.330 e. The van der Waals surface area contributed by atoms with Crippen LogP contribution in [0.15, 0.2) is 36.7 Å². The maximum atomic E-state index is 5.93. The zero-order chi connectivity index (χ0) is 13.7. The van der Waals surface area contributed by atoms with Gasteiger partial charge in [0.2, 0.25) is 0 Å². The van der Waals surface area contributed by atoms with Crippen LogP contribution >= 0.6 is 0 Å². The quantitative estimate of drug-likeness (QED) is 0.864. The van der Waals surface area contributed by atoms with E-state index in [-0.39, 0.29) is 0 Å². The number of aryl methyl sites for hydroxylation is 2. The molecule has 3 nitrogen and oxygen atoms in total. The van der Waals surface area contributed by atoms with Crippen molar-refractivity contribution in [2.75, 3.05) is 6.54 Å². The molecule has 1 aromatic carbocycles. The number of hydrogen-bond acceptors (Lipinski definition) is 2. The lowest BCUT2D eigenvalue weighted by Crippen LogP contribution is -2.19. The van der Waals surface area contributed by atoms with Crippen molar-refractivity contribution in [2.24, 2.45) is 11.7 Å². The molecule has 1 aromatic heterocycles. The van der Waals surface area contributed by atoms with Crippen molar-refractivity contribution < 1.29 is 0 Å². The monoisotopic (exact) mass is 257 g/mol. The van der Waals surface area contributed by atoms with Crippen LogP contribution in [0.3, 0.4) is 0 Å². The lowest BCUT2D eigenvalue weighted by Gasteiger charge is -2.15. The Morgan fingerprint density at radius 1 is 1.26 bits per heavy atom. The summed E-state index contributed by atoms with van der Waals surface area (Å²) in [5, 5.41) is 4.32. The first-order valence-electron chi connectivity index (χ1n) is 6.98. The third-order valence-corrected chi connectivity index (χ3v) is 3.64. The van der Waals surface area contributed by atoms with E-state index in [9.17, 15) is 0 Å². The largest absolute Gasteiger partial charge is 0.330 e. The minimum absolute atomic E-state index is 0.482. The number of hydrogen-bond donors (Lipinski definition) is 1. The van der Waals surface area contributed by atoms with Crippen molar-refractivity contribution in [2.45, 2.75) is 33.2 Å². The van der Waals surface area contributed by atoms with E-state index in [0.717, 1.165) is 19.4 Å². The molecular weight excluding hydrogens is 234 g/mol. The van der Waals surface area contributed by atoms with Crippen molar-refractivity contribution in [1.82, 2.24) is 9.78 Å². The van der Waals surface area contributed by atoms with Crippen LogP contribution in [0.2, 0.25) is 0 Å². The molecule has 0 radical (unpaired) electrons. The molecule has 19 heavy (non-hydrogen) atoms. The molecule has 0 fully saturated rings. The average Bonchev–Trinajstić information content (AvgIpc) is 2.88. The van der Waals surface area contributed by atoms with Gasteiger partial charge in [0.15, 0.2) is 0 Å². The molecule has 0 amide bonds. The second-order valence-corrected chi connectivity index (χ2v) is 5.14. The van der Waals surface area contributed by atoms with Crippen LogP contribution in [-0.4, -0.2) is 16.3 Å². The van der Waals surface area contributed by atoms with Crippen LogP contribution in [0.5, 0.6) is 0 Å². The van der Waals surface area contributed by atoms with Gasteiger partial charge in [-0.25, -0.2) is 0 Å². The molecule has 0 aliphatic carbocycles. The maximum Gasteiger partial charge on any atom is 0.0521 e. The predicted molar refractivity (Wildman–Crippen MR) is 79.0 cm³/mol. The first kappa shape index (κ1) is 13.8. The Labute approximate surface area is 115 Å². The Hall–Kier alpha value is -1.61. The van der Waals surface area contributed by atoms with E-state index in [4.69, 9.17) is 5.73 Å². The number of nitrogens with two attached hydrogens (primary N) is 1. The summed E-state index contributed by atoms with van der Waals surface area (Å²) in [7, 11) is 0. The van der Waals surface area contributed by atoms with Crippen LogP contribution in [0.25, 0.3) is 0 Å². The Balaban J connectivity index is 2.02. The zero-order valence-electron chi connectivity index (χ0n) is 11.8. The molecule has 0 aliphatic rings. The van der Waals surface area contributed by atoms with Gasteiger partial charge in [-0.05, 0) is 55.8 Å². The first-order chi connectivity index (χ1) is 9.22. The summed E-state index contributed by atoms with van der Waals surface area (Å²) in [6, 6.07) is 8.55. The molecule has 2 rings (SSSR count). The summed E-state index contributed by atoms with van der Waals surface area (Å²) in [4.78, 5) is 0. The summed E-state index contributed by atoms with van der Waals surface area (Å²) < 4.78 is 1.97. The molecule has 0 bridgehead atoms. The zero-order valence-corrected chi connectivity index (χ0v) is 11.8. The molecule has 2 aromatic rings. The van der Waals surface area contributed by atoms with Gasteiger partial charge in [-0.3, -0.25) is 4.68 Å². The first-order valence-corrected chi connectivity index (χ1v) is 6.98. The van der Waals surface area contributed by atoms with Gasteiger partial charge in [0.05, 0.1) is 6.20 Å². The second-order valence-electron chi connectivity index (χ2n) is 5.14. The van der Waals surface area contributed by atoms with Crippen molar-refractivity contribution >= 4 is 0 Å². The molecule has 0 saturated heterocycles. The predicted octanol–water partition coefficient (Wildman–Crippen LogP) is 2.57. The molecule has 0 aliphatic heterocycles. The van der Waals surface area contributed by atoms with E-state index in [1.54, 1.807) is 0 Å². The van der Waals surface area contributed by atoms with Gasteiger partial charge < -0.3 is 5.73 Å². The topological polar surface area (TPSA) is 43.8 Å². The van der Waals surface area contributed by atoms with Crippen molar-refractivity contribution in [1.29, 1.82) is 0 Å². The molecule has 0 saturated carbocycles. The Morgan fingerprint density at radius 3 is 2.68 bits per heavy atom. The highest BCUT2D eigenvalue weighted by Gasteiger charge is 2.11. The number of benzene rings is 1. The van der Waals surface area contributed by atoms with Crippen molar-refractivity contribution in [3.8, 4) is 0 Å². The molecule has 0 spiro atoms. The van der Waals surface area contributed by atoms with Gasteiger partial charge in [-0.15, -0.1) is 0 Å². The third-order valence-electron chi connectivity index (χ3n) is 3.64. The molecule has 1 heterocycles. The molecule has 102 valence electrons. The highest BCUT2D eigenvalue weighted by molar-refractivity contribution is 5.26. The van der Waals surface area contributed by atoms with Crippen LogP contribution in [0.4, 0.5) is 0 Å². The fourth-order valence-corrected chi connectivity index (χ4v) is 2.41.